The van der Waals surface area contributed by atoms with Crippen molar-refractivity contribution in [2.45, 2.75) is 4.43 Å². The fraction of sp³-hybridized carbons (Fsp3) is 0.143. The van der Waals surface area contributed by atoms with Crippen molar-refractivity contribution in [1.29, 1.82) is 0 Å². The van der Waals surface area contributed by atoms with Crippen LogP contribution >= 0.6 is 61.1 Å². The molecule has 54 valence electrons. The van der Waals surface area contributed by atoms with Crippen LogP contribution in [0.1, 0.15) is 5.56 Å². The van der Waals surface area contributed by atoms with Crippen LogP contribution in [0.15, 0.2) is 22.7 Å². The third-order valence-electron chi connectivity index (χ3n) is 1.20. The second kappa shape index (κ2) is 4.25. The maximum atomic E-state index is 3.50. The third kappa shape index (κ3) is 2.07. The van der Waals surface area contributed by atoms with Gasteiger partial charge in [-0.25, -0.2) is 0 Å². The highest BCUT2D eigenvalue weighted by Gasteiger charge is 2.00. The summed E-state index contributed by atoms with van der Waals surface area (Å²) >= 11 is 8.22. The Hall–Kier alpha value is 1.16. The van der Waals surface area contributed by atoms with Crippen molar-refractivity contribution >= 4 is 61.1 Å². The van der Waals surface area contributed by atoms with Crippen molar-refractivity contribution in [3.8, 4) is 0 Å². The molecule has 10 heavy (non-hydrogen) atoms. The van der Waals surface area contributed by atoms with E-state index in [1.807, 2.05) is 0 Å². The van der Waals surface area contributed by atoms with Crippen LogP contribution in [0.25, 0.3) is 0 Å². The van der Waals surface area contributed by atoms with Crippen molar-refractivity contribution in [3.63, 3.8) is 0 Å². The van der Waals surface area contributed by atoms with Gasteiger partial charge in [-0.05, 0) is 40.3 Å². The molecule has 0 aliphatic heterocycles. The van der Waals surface area contributed by atoms with E-state index in [9.17, 15) is 0 Å². The molecular weight excluding hydrogens is 418 g/mol. The molecule has 1 rings (SSSR count). The average Bonchev–Trinajstić information content (AvgIpc) is 1.88. The Morgan fingerprint density at radius 3 is 2.50 bits per heavy atom. The van der Waals surface area contributed by atoms with Crippen molar-refractivity contribution in [2.75, 3.05) is 0 Å². The molecule has 0 atom stereocenters. The summed E-state index contributed by atoms with van der Waals surface area (Å²) in [6.45, 7) is 0. The third-order valence-corrected chi connectivity index (χ3v) is 3.71. The largest absolute Gasteiger partial charge is 0.0811 e. The van der Waals surface area contributed by atoms with Crippen LogP contribution < -0.4 is 0 Å². The quantitative estimate of drug-likeness (QED) is 0.474. The Balaban J connectivity index is 3.17. The Labute approximate surface area is 96.2 Å². The van der Waals surface area contributed by atoms with Crippen molar-refractivity contribution in [2.24, 2.45) is 0 Å². The summed E-state index contributed by atoms with van der Waals surface area (Å²) in [5.41, 5.74) is 1.39. The monoisotopic (exact) mass is 422 g/mol. The van der Waals surface area contributed by atoms with Gasteiger partial charge in [-0.1, -0.05) is 44.6 Å². The molecule has 0 saturated carbocycles. The molecule has 0 N–H and O–H groups in total. The van der Waals surface area contributed by atoms with Crippen LogP contribution in [0.2, 0.25) is 0 Å². The van der Waals surface area contributed by atoms with Crippen molar-refractivity contribution < 1.29 is 0 Å². The molecule has 0 spiro atoms. The molecular formula is C7H5BrI2. The van der Waals surface area contributed by atoms with Gasteiger partial charge in [0.25, 0.3) is 0 Å². The molecule has 3 heteroatoms. The molecule has 0 bridgehead atoms. The van der Waals surface area contributed by atoms with E-state index in [0.29, 0.717) is 0 Å². The van der Waals surface area contributed by atoms with E-state index >= 15 is 0 Å². The minimum atomic E-state index is 1.07. The average molecular weight is 423 g/mol. The molecule has 0 fully saturated rings. The Kier molecular flexibility index (Phi) is 3.93. The predicted octanol–water partition coefficient (Wildman–Crippen LogP) is 3.99. The van der Waals surface area contributed by atoms with Gasteiger partial charge in [0.2, 0.25) is 0 Å². The molecule has 0 heterocycles. The highest BCUT2D eigenvalue weighted by atomic mass is 127. The molecule has 0 aliphatic rings. The van der Waals surface area contributed by atoms with E-state index in [-0.39, 0.29) is 0 Å². The zero-order chi connectivity index (χ0) is 7.56. The van der Waals surface area contributed by atoms with Gasteiger partial charge in [0.1, 0.15) is 0 Å². The van der Waals surface area contributed by atoms with Crippen LogP contribution in [-0.2, 0) is 4.43 Å². The number of benzene rings is 1. The number of alkyl halides is 1. The molecule has 0 saturated heterocycles. The first-order valence-electron chi connectivity index (χ1n) is 2.74. The number of rotatable bonds is 1. The molecule has 0 radical (unpaired) electrons. The van der Waals surface area contributed by atoms with E-state index in [2.05, 4.69) is 79.3 Å². The maximum absolute atomic E-state index is 3.50. The lowest BCUT2D eigenvalue weighted by Gasteiger charge is -2.01. The Morgan fingerprint density at radius 1 is 1.40 bits per heavy atom. The maximum Gasteiger partial charge on any atom is 0.0268 e. The smallest absolute Gasteiger partial charge is 0.0268 e. The number of halogens is 3. The summed E-state index contributed by atoms with van der Waals surface area (Å²) < 4.78 is 3.62. The normalized spacial score (nSPS) is 9.90. The molecule has 0 nitrogen and oxygen atoms in total. The SMILES string of the molecule is Brc1cccc(I)c1CI. The van der Waals surface area contributed by atoms with Gasteiger partial charge in [0.15, 0.2) is 0 Å². The van der Waals surface area contributed by atoms with Crippen LogP contribution in [0.4, 0.5) is 0 Å². The lowest BCUT2D eigenvalue weighted by molar-refractivity contribution is 1.38. The molecule has 1 aromatic carbocycles. The van der Waals surface area contributed by atoms with E-state index in [4.69, 9.17) is 0 Å². The highest BCUT2D eigenvalue weighted by molar-refractivity contribution is 14.1. The molecule has 0 aliphatic carbocycles. The minimum absolute atomic E-state index is 1.07. The first kappa shape index (κ1) is 9.25. The highest BCUT2D eigenvalue weighted by Crippen LogP contribution is 2.24. The van der Waals surface area contributed by atoms with E-state index in [1.54, 1.807) is 0 Å². The van der Waals surface area contributed by atoms with E-state index in [0.717, 1.165) is 4.43 Å². The van der Waals surface area contributed by atoms with Gasteiger partial charge in [0, 0.05) is 12.5 Å². The van der Waals surface area contributed by atoms with Crippen LogP contribution in [0.5, 0.6) is 0 Å². The lowest BCUT2D eigenvalue weighted by Crippen LogP contribution is -1.83. The van der Waals surface area contributed by atoms with Crippen LogP contribution in [-0.4, -0.2) is 0 Å². The molecule has 0 unspecified atom stereocenters. The predicted molar refractivity (Wildman–Crippen MR) is 64.6 cm³/mol. The summed E-state index contributed by atoms with van der Waals surface area (Å²) in [4.78, 5) is 0. The second-order valence-corrected chi connectivity index (χ2v) is 4.61. The second-order valence-electron chi connectivity index (χ2n) is 1.83. The van der Waals surface area contributed by atoms with Gasteiger partial charge in [-0.2, -0.15) is 0 Å². The number of hydrogen-bond acceptors (Lipinski definition) is 0. The van der Waals surface area contributed by atoms with Crippen molar-refractivity contribution in [3.05, 3.63) is 31.8 Å². The van der Waals surface area contributed by atoms with Gasteiger partial charge in [-0.15, -0.1) is 0 Å². The van der Waals surface area contributed by atoms with Crippen molar-refractivity contribution in [1.82, 2.24) is 0 Å². The van der Waals surface area contributed by atoms with Crippen LogP contribution in [0.3, 0.4) is 0 Å². The topological polar surface area (TPSA) is 0 Å². The lowest BCUT2D eigenvalue weighted by atomic mass is 10.2. The molecule has 0 aromatic heterocycles. The number of hydrogen-bond donors (Lipinski definition) is 0. The Morgan fingerprint density at radius 2 is 2.10 bits per heavy atom. The fourth-order valence-electron chi connectivity index (χ4n) is 0.660. The van der Waals surface area contributed by atoms with Gasteiger partial charge in [0.05, 0.1) is 0 Å². The first-order valence-corrected chi connectivity index (χ1v) is 6.14. The zero-order valence-corrected chi connectivity index (χ0v) is 11.0. The zero-order valence-electron chi connectivity index (χ0n) is 5.07. The first-order chi connectivity index (χ1) is 4.75. The fourth-order valence-corrected chi connectivity index (χ4v) is 4.30. The van der Waals surface area contributed by atoms with Gasteiger partial charge in [-0.3, -0.25) is 0 Å². The van der Waals surface area contributed by atoms with E-state index < -0.39 is 0 Å². The summed E-state index contributed by atoms with van der Waals surface area (Å²) in [6, 6.07) is 6.26. The van der Waals surface area contributed by atoms with Gasteiger partial charge < -0.3 is 0 Å². The summed E-state index contributed by atoms with van der Waals surface area (Å²) in [5.74, 6) is 0. The van der Waals surface area contributed by atoms with E-state index in [1.165, 1.54) is 13.6 Å². The molecule has 1 aromatic rings. The Bertz CT molecular complexity index is 215. The van der Waals surface area contributed by atoms with Gasteiger partial charge >= 0.3 is 0 Å². The summed E-state index contributed by atoms with van der Waals surface area (Å²) in [6.07, 6.45) is 0. The standard InChI is InChI=1S/C7H5BrI2/c8-6-2-1-3-7(10)5(6)4-9/h1-3H,4H2. The van der Waals surface area contributed by atoms with Crippen LogP contribution in [0, 0.1) is 3.57 Å². The summed E-state index contributed by atoms with van der Waals surface area (Å²) in [5, 5.41) is 0. The molecule has 0 amide bonds. The summed E-state index contributed by atoms with van der Waals surface area (Å²) in [7, 11) is 0. The minimum Gasteiger partial charge on any atom is -0.0811 e.